The summed E-state index contributed by atoms with van der Waals surface area (Å²) in [6.45, 7) is 2.14. The van der Waals surface area contributed by atoms with Crippen LogP contribution in [0.3, 0.4) is 0 Å². The van der Waals surface area contributed by atoms with E-state index in [4.69, 9.17) is 0 Å². The third-order valence-corrected chi connectivity index (χ3v) is 2.94. The van der Waals surface area contributed by atoms with Gasteiger partial charge in [-0.3, -0.25) is 0 Å². The van der Waals surface area contributed by atoms with Gasteiger partial charge in [0, 0.05) is 11.4 Å². The summed E-state index contributed by atoms with van der Waals surface area (Å²) in [5.74, 6) is 0.767. The summed E-state index contributed by atoms with van der Waals surface area (Å²) in [5, 5.41) is 2.74. The molecule has 1 rings (SSSR count). The van der Waals surface area contributed by atoms with Gasteiger partial charge >= 0.3 is 6.18 Å². The lowest BCUT2D eigenvalue weighted by atomic mass is 10.1. The van der Waals surface area contributed by atoms with Crippen molar-refractivity contribution in [2.24, 2.45) is 0 Å². The third-order valence-electron chi connectivity index (χ3n) is 2.06. The van der Waals surface area contributed by atoms with E-state index >= 15 is 0 Å². The number of halogens is 3. The summed E-state index contributed by atoms with van der Waals surface area (Å²) in [4.78, 5) is 0.662. The smallest absolute Gasteiger partial charge is 0.316 e. The molecule has 0 amide bonds. The van der Waals surface area contributed by atoms with Gasteiger partial charge in [-0.1, -0.05) is 13.0 Å². The maximum Gasteiger partial charge on any atom is 0.416 e. The highest BCUT2D eigenvalue weighted by molar-refractivity contribution is 7.99. The second kappa shape index (κ2) is 5.59. The lowest BCUT2D eigenvalue weighted by Crippen LogP contribution is -2.14. The van der Waals surface area contributed by atoms with Crippen LogP contribution in [0.2, 0.25) is 0 Å². The van der Waals surface area contributed by atoms with E-state index in [9.17, 15) is 13.2 Å². The van der Waals surface area contributed by atoms with Gasteiger partial charge in [0.05, 0.1) is 5.56 Å². The second-order valence-electron chi connectivity index (χ2n) is 3.28. The van der Waals surface area contributed by atoms with Gasteiger partial charge in [-0.2, -0.15) is 13.2 Å². The number of alkyl halides is 3. The Balaban J connectivity index is 3.11. The Morgan fingerprint density at radius 3 is 2.50 bits per heavy atom. The average Bonchev–Trinajstić information content (AvgIpc) is 2.19. The average molecular weight is 249 g/mol. The van der Waals surface area contributed by atoms with Crippen molar-refractivity contribution in [2.75, 3.05) is 12.8 Å². The minimum atomic E-state index is -4.28. The van der Waals surface area contributed by atoms with Crippen LogP contribution < -0.4 is 5.32 Å². The van der Waals surface area contributed by atoms with Gasteiger partial charge in [0.25, 0.3) is 0 Å². The maximum atomic E-state index is 12.8. The molecule has 1 aromatic rings. The molecule has 5 heteroatoms. The van der Waals surface area contributed by atoms with Gasteiger partial charge in [0.1, 0.15) is 0 Å². The minimum Gasteiger partial charge on any atom is -0.316 e. The molecule has 0 aromatic heterocycles. The zero-order valence-electron chi connectivity index (χ0n) is 9.19. The number of benzene rings is 1. The second-order valence-corrected chi connectivity index (χ2v) is 4.62. The summed E-state index contributed by atoms with van der Waals surface area (Å²) in [7, 11) is 1.63. The van der Waals surface area contributed by atoms with Crippen molar-refractivity contribution in [2.45, 2.75) is 24.5 Å². The zero-order valence-corrected chi connectivity index (χ0v) is 10.0. The fourth-order valence-electron chi connectivity index (χ4n) is 1.42. The van der Waals surface area contributed by atoms with Crippen LogP contribution in [0.15, 0.2) is 23.1 Å². The molecular weight excluding hydrogens is 235 g/mol. The van der Waals surface area contributed by atoms with Crippen LogP contribution >= 0.6 is 11.8 Å². The van der Waals surface area contributed by atoms with Gasteiger partial charge in [-0.05, 0) is 30.5 Å². The van der Waals surface area contributed by atoms with Crippen molar-refractivity contribution in [3.8, 4) is 0 Å². The van der Waals surface area contributed by atoms with E-state index in [1.165, 1.54) is 23.9 Å². The Hall–Kier alpha value is -0.680. The van der Waals surface area contributed by atoms with Gasteiger partial charge < -0.3 is 5.32 Å². The first-order valence-electron chi connectivity index (χ1n) is 4.96. The van der Waals surface area contributed by atoms with E-state index in [1.807, 2.05) is 6.92 Å². The van der Waals surface area contributed by atoms with Crippen LogP contribution in [-0.4, -0.2) is 12.8 Å². The van der Waals surface area contributed by atoms with Crippen LogP contribution in [0.25, 0.3) is 0 Å². The predicted octanol–water partition coefficient (Wildman–Crippen LogP) is 3.54. The molecule has 1 aromatic carbocycles. The maximum absolute atomic E-state index is 12.8. The number of thioether (sulfide) groups is 1. The Bertz CT molecular complexity index is 350. The van der Waals surface area contributed by atoms with Crippen LogP contribution in [0, 0.1) is 0 Å². The standard InChI is InChI=1S/C11H14F3NS/c1-3-16-9-5-4-8(7-15-2)10(6-9)11(12,13)14/h4-6,15H,3,7H2,1-2H3. The van der Waals surface area contributed by atoms with Crippen LogP contribution in [0.1, 0.15) is 18.1 Å². The van der Waals surface area contributed by atoms with Gasteiger partial charge in [-0.15, -0.1) is 11.8 Å². The first-order valence-corrected chi connectivity index (χ1v) is 5.95. The predicted molar refractivity (Wildman–Crippen MR) is 60.6 cm³/mol. The lowest BCUT2D eigenvalue weighted by molar-refractivity contribution is -0.138. The van der Waals surface area contributed by atoms with Crippen molar-refractivity contribution in [1.29, 1.82) is 0 Å². The first-order chi connectivity index (χ1) is 7.49. The van der Waals surface area contributed by atoms with E-state index in [2.05, 4.69) is 5.32 Å². The molecule has 0 radical (unpaired) electrons. The molecule has 0 spiro atoms. The third kappa shape index (κ3) is 3.42. The Morgan fingerprint density at radius 1 is 1.31 bits per heavy atom. The molecule has 0 atom stereocenters. The fourth-order valence-corrected chi connectivity index (χ4v) is 2.12. The van der Waals surface area contributed by atoms with Crippen molar-refractivity contribution >= 4 is 11.8 Å². The number of rotatable bonds is 4. The largest absolute Gasteiger partial charge is 0.416 e. The van der Waals surface area contributed by atoms with E-state index in [1.54, 1.807) is 13.1 Å². The molecule has 0 aliphatic heterocycles. The molecule has 0 aliphatic rings. The molecule has 0 unspecified atom stereocenters. The molecule has 1 N–H and O–H groups in total. The monoisotopic (exact) mass is 249 g/mol. The molecule has 0 aliphatic carbocycles. The van der Waals surface area contributed by atoms with Crippen molar-refractivity contribution < 1.29 is 13.2 Å². The van der Waals surface area contributed by atoms with Crippen molar-refractivity contribution in [3.05, 3.63) is 29.3 Å². The fraction of sp³-hybridized carbons (Fsp3) is 0.455. The Morgan fingerprint density at radius 2 is 2.00 bits per heavy atom. The molecule has 16 heavy (non-hydrogen) atoms. The highest BCUT2D eigenvalue weighted by Gasteiger charge is 2.33. The van der Waals surface area contributed by atoms with Gasteiger partial charge in [-0.25, -0.2) is 0 Å². The van der Waals surface area contributed by atoms with Gasteiger partial charge in [0.2, 0.25) is 0 Å². The quantitative estimate of drug-likeness (QED) is 0.819. The summed E-state index contributed by atoms with van der Waals surface area (Å²) in [6, 6.07) is 4.49. The summed E-state index contributed by atoms with van der Waals surface area (Å²) < 4.78 is 38.3. The molecule has 0 heterocycles. The molecule has 0 fully saturated rings. The van der Waals surface area contributed by atoms with Crippen LogP contribution in [0.5, 0.6) is 0 Å². The molecule has 0 saturated carbocycles. The number of hydrogen-bond donors (Lipinski definition) is 1. The SMILES string of the molecule is CCSc1ccc(CNC)c(C(F)(F)F)c1. The van der Waals surface area contributed by atoms with E-state index < -0.39 is 11.7 Å². The molecular formula is C11H14F3NS. The topological polar surface area (TPSA) is 12.0 Å². The highest BCUT2D eigenvalue weighted by atomic mass is 32.2. The van der Waals surface area contributed by atoms with Gasteiger partial charge in [0.15, 0.2) is 0 Å². The number of nitrogens with one attached hydrogen (secondary N) is 1. The molecule has 90 valence electrons. The molecule has 1 nitrogen and oxygen atoms in total. The van der Waals surface area contributed by atoms with E-state index in [0.29, 0.717) is 4.90 Å². The first kappa shape index (κ1) is 13.4. The normalized spacial score (nSPS) is 11.8. The summed E-state index contributed by atoms with van der Waals surface area (Å²) >= 11 is 1.41. The van der Waals surface area contributed by atoms with Crippen LogP contribution in [-0.2, 0) is 12.7 Å². The van der Waals surface area contributed by atoms with Crippen LogP contribution in [0.4, 0.5) is 13.2 Å². The molecule has 0 bridgehead atoms. The Labute approximate surface area is 97.4 Å². The summed E-state index contributed by atoms with van der Waals surface area (Å²) in [5.41, 5.74) is -0.254. The van der Waals surface area contributed by atoms with Crippen molar-refractivity contribution in [1.82, 2.24) is 5.32 Å². The lowest BCUT2D eigenvalue weighted by Gasteiger charge is -2.14. The highest BCUT2D eigenvalue weighted by Crippen LogP contribution is 2.34. The zero-order chi connectivity index (χ0) is 12.2. The number of hydrogen-bond acceptors (Lipinski definition) is 2. The minimum absolute atomic E-state index is 0.228. The summed E-state index contributed by atoms with van der Waals surface area (Å²) in [6.07, 6.45) is -4.28. The van der Waals surface area contributed by atoms with Crippen molar-refractivity contribution in [3.63, 3.8) is 0 Å². The van der Waals surface area contributed by atoms with E-state index in [-0.39, 0.29) is 12.1 Å². The molecule has 0 saturated heterocycles. The van der Waals surface area contributed by atoms with E-state index in [0.717, 1.165) is 5.75 Å². The Kier molecular flexibility index (Phi) is 4.68.